The number of aliphatic hydroxyl groups is 3. The van der Waals surface area contributed by atoms with Gasteiger partial charge in [-0.15, -0.1) is 0 Å². The fourth-order valence-electron chi connectivity index (χ4n) is 3.40. The van der Waals surface area contributed by atoms with Crippen LogP contribution in [-0.4, -0.2) is 15.3 Å². The Morgan fingerprint density at radius 1 is 0.419 bits per heavy atom. The quantitative estimate of drug-likeness (QED) is 0.449. The molecule has 3 N–H and O–H groups in total. The Kier molecular flexibility index (Phi) is 6.41. The average Bonchev–Trinajstić information content (AvgIpc) is 2.67. The summed E-state index contributed by atoms with van der Waals surface area (Å²) in [5, 5.41) is 31.0. The van der Waals surface area contributed by atoms with E-state index >= 15 is 0 Å². The highest BCUT2D eigenvalue weighted by Crippen LogP contribution is 2.34. The van der Waals surface area contributed by atoms with Crippen molar-refractivity contribution in [3.8, 4) is 0 Å². The molecule has 0 saturated heterocycles. The molecule has 0 saturated carbocycles. The van der Waals surface area contributed by atoms with Gasteiger partial charge in [0.25, 0.3) is 0 Å². The van der Waals surface area contributed by atoms with E-state index in [1.165, 1.54) is 0 Å². The molecule has 3 aromatic carbocycles. The Balaban J connectivity index is 2.08. The molecule has 0 aliphatic rings. The van der Waals surface area contributed by atoms with Gasteiger partial charge in [-0.3, -0.25) is 0 Å². The molecule has 3 aromatic rings. The molecule has 4 heteroatoms. The van der Waals surface area contributed by atoms with Crippen LogP contribution in [0.4, 0.5) is 0 Å². The van der Waals surface area contributed by atoms with Gasteiger partial charge in [-0.1, -0.05) is 36.4 Å². The summed E-state index contributed by atoms with van der Waals surface area (Å²) in [6.45, 7) is 10.7. The number of rotatable bonds is 6. The minimum Gasteiger partial charge on any atom is -0.386 e. The second kappa shape index (κ2) is 8.44. The highest BCUT2D eigenvalue weighted by Gasteiger charge is 2.31. The van der Waals surface area contributed by atoms with Gasteiger partial charge in [0.05, 0.1) is 27.7 Å². The molecule has 0 aromatic heterocycles. The summed E-state index contributed by atoms with van der Waals surface area (Å²) >= 11 is 0. The monoisotopic (exact) mass is 437 g/mol. The molecule has 0 amide bonds. The van der Waals surface area contributed by atoms with Crippen molar-refractivity contribution >= 4 is 10.9 Å². The predicted octanol–water partition coefficient (Wildman–Crippen LogP) is 5.46. The van der Waals surface area contributed by atoms with Gasteiger partial charge < -0.3 is 15.3 Å². The zero-order valence-electron chi connectivity index (χ0n) is 19.2. The van der Waals surface area contributed by atoms with E-state index in [0.29, 0.717) is 0 Å². The molecule has 0 aliphatic carbocycles. The van der Waals surface area contributed by atoms with Gasteiger partial charge in [-0.2, -0.15) is 0 Å². The van der Waals surface area contributed by atoms with Crippen LogP contribution in [0.15, 0.2) is 87.5 Å². The Morgan fingerprint density at radius 2 is 0.613 bits per heavy atom. The molecule has 3 nitrogen and oxygen atoms in total. The van der Waals surface area contributed by atoms with Gasteiger partial charge >= 0.3 is 0 Å². The van der Waals surface area contributed by atoms with Crippen molar-refractivity contribution in [3.05, 3.63) is 89.5 Å². The molecular formula is C27H33O3S+. The molecule has 0 unspecified atom stereocenters. The fourth-order valence-corrected chi connectivity index (χ4v) is 5.45. The first-order chi connectivity index (χ1) is 14.3. The molecule has 0 atom stereocenters. The van der Waals surface area contributed by atoms with Crippen molar-refractivity contribution in [1.29, 1.82) is 0 Å². The van der Waals surface area contributed by atoms with E-state index in [4.69, 9.17) is 0 Å². The van der Waals surface area contributed by atoms with Gasteiger partial charge in [0.1, 0.15) is 0 Å². The van der Waals surface area contributed by atoms with Gasteiger partial charge in [0.2, 0.25) is 0 Å². The van der Waals surface area contributed by atoms with Crippen LogP contribution in [0.1, 0.15) is 58.2 Å². The SMILES string of the molecule is CC(C)(O)c1ccc([S+](c2ccc(C(C)(C)O)cc2)c2ccc(C(C)(C)O)cc2)cc1. The summed E-state index contributed by atoms with van der Waals surface area (Å²) in [6.07, 6.45) is 0. The predicted molar refractivity (Wildman–Crippen MR) is 127 cm³/mol. The molecule has 0 bridgehead atoms. The third-order valence-corrected chi connectivity index (χ3v) is 7.62. The van der Waals surface area contributed by atoms with E-state index in [0.717, 1.165) is 31.4 Å². The van der Waals surface area contributed by atoms with Crippen LogP contribution in [0.25, 0.3) is 0 Å². The van der Waals surface area contributed by atoms with E-state index in [-0.39, 0.29) is 10.9 Å². The standard InChI is InChI=1S/C27H33O3S/c1-25(2,28)19-7-13-22(14-8-19)31(23-15-9-20(10-16-23)26(3,4)29)24-17-11-21(12-18-24)27(5,6)30/h7-18,28-30H,1-6H3/q+1. The Morgan fingerprint density at radius 3 is 0.774 bits per heavy atom. The molecule has 0 spiro atoms. The van der Waals surface area contributed by atoms with Gasteiger partial charge in [-0.25, -0.2) is 0 Å². The number of hydrogen-bond acceptors (Lipinski definition) is 3. The van der Waals surface area contributed by atoms with Gasteiger partial charge in [-0.05, 0) is 94.6 Å². The second-order valence-electron chi connectivity index (χ2n) is 9.56. The largest absolute Gasteiger partial charge is 0.386 e. The molecule has 0 fully saturated rings. The van der Waals surface area contributed by atoms with Crippen LogP contribution in [0, 0.1) is 0 Å². The van der Waals surface area contributed by atoms with Crippen molar-refractivity contribution in [2.75, 3.05) is 0 Å². The highest BCUT2D eigenvalue weighted by molar-refractivity contribution is 7.97. The molecule has 164 valence electrons. The maximum Gasteiger partial charge on any atom is 0.166 e. The smallest absolute Gasteiger partial charge is 0.166 e. The zero-order chi connectivity index (χ0) is 23.0. The van der Waals surface area contributed by atoms with Crippen LogP contribution in [-0.2, 0) is 27.7 Å². The Labute approximate surface area is 188 Å². The van der Waals surface area contributed by atoms with E-state index in [1.54, 1.807) is 41.5 Å². The zero-order valence-corrected chi connectivity index (χ0v) is 20.0. The molecule has 0 aliphatic heterocycles. The number of benzene rings is 3. The van der Waals surface area contributed by atoms with E-state index in [1.807, 2.05) is 36.4 Å². The van der Waals surface area contributed by atoms with E-state index < -0.39 is 16.8 Å². The Hall–Kier alpha value is -2.11. The minimum absolute atomic E-state index is 0.365. The van der Waals surface area contributed by atoms with Crippen molar-refractivity contribution in [1.82, 2.24) is 0 Å². The topological polar surface area (TPSA) is 60.7 Å². The van der Waals surface area contributed by atoms with Crippen molar-refractivity contribution in [2.45, 2.75) is 73.0 Å². The lowest BCUT2D eigenvalue weighted by atomic mass is 9.99. The van der Waals surface area contributed by atoms with Crippen LogP contribution in [0.5, 0.6) is 0 Å². The first-order valence-corrected chi connectivity index (χ1v) is 11.7. The third-order valence-electron chi connectivity index (χ3n) is 5.39. The van der Waals surface area contributed by atoms with Crippen molar-refractivity contribution in [3.63, 3.8) is 0 Å². The molecule has 0 radical (unpaired) electrons. The molecule has 0 heterocycles. The summed E-state index contributed by atoms with van der Waals surface area (Å²) in [6, 6.07) is 24.3. The lowest BCUT2D eigenvalue weighted by Crippen LogP contribution is -2.17. The van der Waals surface area contributed by atoms with Crippen LogP contribution in [0.3, 0.4) is 0 Å². The average molecular weight is 438 g/mol. The first kappa shape index (κ1) is 23.6. The van der Waals surface area contributed by atoms with E-state index in [9.17, 15) is 15.3 Å². The third kappa shape index (κ3) is 5.58. The molecular weight excluding hydrogens is 404 g/mol. The maximum absolute atomic E-state index is 10.3. The fraction of sp³-hybridized carbons (Fsp3) is 0.333. The summed E-state index contributed by atoms with van der Waals surface area (Å²) < 4.78 is 0. The molecule has 31 heavy (non-hydrogen) atoms. The van der Waals surface area contributed by atoms with Crippen LogP contribution < -0.4 is 0 Å². The highest BCUT2D eigenvalue weighted by atomic mass is 32.2. The normalized spacial score (nSPS) is 13.0. The second-order valence-corrected chi connectivity index (χ2v) is 11.6. The van der Waals surface area contributed by atoms with Gasteiger partial charge in [0, 0.05) is 0 Å². The lowest BCUT2D eigenvalue weighted by Gasteiger charge is -2.19. The van der Waals surface area contributed by atoms with Crippen molar-refractivity contribution < 1.29 is 15.3 Å². The van der Waals surface area contributed by atoms with E-state index in [2.05, 4.69) is 36.4 Å². The minimum atomic E-state index is -0.889. The summed E-state index contributed by atoms with van der Waals surface area (Å²) in [5.74, 6) is 0. The number of hydrogen-bond donors (Lipinski definition) is 3. The van der Waals surface area contributed by atoms with Crippen molar-refractivity contribution in [2.24, 2.45) is 0 Å². The maximum atomic E-state index is 10.3. The summed E-state index contributed by atoms with van der Waals surface area (Å²) in [4.78, 5) is 3.42. The molecule has 3 rings (SSSR count). The lowest BCUT2D eigenvalue weighted by molar-refractivity contribution is 0.0780. The van der Waals surface area contributed by atoms with Crippen LogP contribution >= 0.6 is 0 Å². The Bertz CT molecular complexity index is 864. The van der Waals surface area contributed by atoms with Crippen LogP contribution in [0.2, 0.25) is 0 Å². The first-order valence-electron chi connectivity index (χ1n) is 10.5. The summed E-state index contributed by atoms with van der Waals surface area (Å²) in [7, 11) is -0.365. The summed E-state index contributed by atoms with van der Waals surface area (Å²) in [5.41, 5.74) is -0.0572. The van der Waals surface area contributed by atoms with Gasteiger partial charge in [0.15, 0.2) is 14.7 Å².